The summed E-state index contributed by atoms with van der Waals surface area (Å²) in [6.45, 7) is 1.05. The summed E-state index contributed by atoms with van der Waals surface area (Å²) < 4.78 is 5.87. The minimum Gasteiger partial charge on any atom is -0.373 e. The molecule has 3 aliphatic rings. The summed E-state index contributed by atoms with van der Waals surface area (Å²) in [6.07, 6.45) is 11.5. The largest absolute Gasteiger partial charge is 0.373 e. The summed E-state index contributed by atoms with van der Waals surface area (Å²) in [5.41, 5.74) is 0. The Labute approximate surface area is 139 Å². The average Bonchev–Trinajstić information content (AvgIpc) is 3.14. The fourth-order valence-corrected chi connectivity index (χ4v) is 3.85. The average molecular weight is 393 g/mol. The zero-order valence-electron chi connectivity index (χ0n) is 12.4. The van der Waals surface area contributed by atoms with Crippen molar-refractivity contribution in [2.45, 2.75) is 69.6 Å². The molecule has 3 fully saturated rings. The first kappa shape index (κ1) is 16.3. The Morgan fingerprint density at radius 3 is 2.60 bits per heavy atom. The first-order chi connectivity index (χ1) is 9.35. The van der Waals surface area contributed by atoms with Crippen LogP contribution in [0.3, 0.4) is 0 Å². The van der Waals surface area contributed by atoms with E-state index in [0.717, 1.165) is 24.8 Å². The second-order valence-corrected chi connectivity index (χ2v) is 6.30. The van der Waals surface area contributed by atoms with E-state index in [4.69, 9.17) is 4.74 Å². The Kier molecular flexibility index (Phi) is 6.39. The topological polar surface area (TPSA) is 45.7 Å². The van der Waals surface area contributed by atoms with Crippen molar-refractivity contribution in [3.05, 3.63) is 0 Å². The molecule has 1 aliphatic carbocycles. The highest BCUT2D eigenvalue weighted by Crippen LogP contribution is 2.34. The van der Waals surface area contributed by atoms with Crippen LogP contribution in [0, 0.1) is 5.92 Å². The predicted molar refractivity (Wildman–Crippen MR) is 92.8 cm³/mol. The van der Waals surface area contributed by atoms with E-state index in [-0.39, 0.29) is 24.0 Å². The van der Waals surface area contributed by atoms with E-state index in [1.54, 1.807) is 0 Å². The third-order valence-electron chi connectivity index (χ3n) is 4.97. The molecule has 2 heterocycles. The second kappa shape index (κ2) is 7.82. The summed E-state index contributed by atoms with van der Waals surface area (Å²) in [5.74, 6) is 1.90. The van der Waals surface area contributed by atoms with Gasteiger partial charge in [-0.05, 0) is 31.6 Å². The Morgan fingerprint density at radius 1 is 1.20 bits per heavy atom. The monoisotopic (exact) mass is 393 g/mol. The minimum atomic E-state index is 0. The minimum absolute atomic E-state index is 0. The van der Waals surface area contributed by atoms with Crippen LogP contribution in [0.4, 0.5) is 0 Å². The zero-order valence-corrected chi connectivity index (χ0v) is 14.8. The molecule has 0 amide bonds. The summed E-state index contributed by atoms with van der Waals surface area (Å²) in [5, 5.41) is 7.00. The van der Waals surface area contributed by atoms with Crippen molar-refractivity contribution in [3.63, 3.8) is 0 Å². The molecular formula is C15H28IN3O. The predicted octanol–water partition coefficient (Wildman–Crippen LogP) is 2.67. The number of halogens is 1. The second-order valence-electron chi connectivity index (χ2n) is 6.30. The first-order valence-corrected chi connectivity index (χ1v) is 7.98. The van der Waals surface area contributed by atoms with Crippen LogP contribution in [0.15, 0.2) is 4.99 Å². The highest BCUT2D eigenvalue weighted by atomic mass is 127. The van der Waals surface area contributed by atoms with Crippen LogP contribution in [-0.2, 0) is 4.74 Å². The van der Waals surface area contributed by atoms with Gasteiger partial charge in [-0.25, -0.2) is 0 Å². The van der Waals surface area contributed by atoms with Gasteiger partial charge in [0.05, 0.1) is 18.2 Å². The molecule has 5 heteroatoms. The quantitative estimate of drug-likeness (QED) is 0.439. The van der Waals surface area contributed by atoms with Crippen molar-refractivity contribution in [3.8, 4) is 0 Å². The van der Waals surface area contributed by atoms with Gasteiger partial charge < -0.3 is 15.4 Å². The molecule has 2 N–H and O–H groups in total. The van der Waals surface area contributed by atoms with Gasteiger partial charge in [-0.3, -0.25) is 4.99 Å². The number of aliphatic imine (C=N–C) groups is 1. The SMILES string of the molecule is CN=C(NCCC1CCCC1)NC1CC2CCC1O2.I. The molecule has 0 aromatic heterocycles. The summed E-state index contributed by atoms with van der Waals surface area (Å²) in [4.78, 5) is 4.34. The van der Waals surface area contributed by atoms with Crippen LogP contribution < -0.4 is 10.6 Å². The molecule has 2 saturated heterocycles. The van der Waals surface area contributed by atoms with Gasteiger partial charge in [-0.2, -0.15) is 0 Å². The van der Waals surface area contributed by atoms with Gasteiger partial charge >= 0.3 is 0 Å². The van der Waals surface area contributed by atoms with Crippen molar-refractivity contribution < 1.29 is 4.74 Å². The van der Waals surface area contributed by atoms with Gasteiger partial charge in [0.25, 0.3) is 0 Å². The Bertz CT molecular complexity index is 331. The van der Waals surface area contributed by atoms with Crippen molar-refractivity contribution in [2.24, 2.45) is 10.9 Å². The van der Waals surface area contributed by atoms with E-state index < -0.39 is 0 Å². The van der Waals surface area contributed by atoms with Crippen molar-refractivity contribution in [1.29, 1.82) is 0 Å². The number of nitrogens with zero attached hydrogens (tertiary/aromatic N) is 1. The van der Waals surface area contributed by atoms with E-state index in [9.17, 15) is 0 Å². The molecule has 0 radical (unpaired) electrons. The molecule has 20 heavy (non-hydrogen) atoms. The van der Waals surface area contributed by atoms with E-state index in [0.29, 0.717) is 18.2 Å². The smallest absolute Gasteiger partial charge is 0.191 e. The summed E-state index contributed by atoms with van der Waals surface area (Å²) >= 11 is 0. The molecule has 0 aromatic rings. The fourth-order valence-electron chi connectivity index (χ4n) is 3.85. The van der Waals surface area contributed by atoms with Gasteiger partial charge in [0, 0.05) is 13.6 Å². The lowest BCUT2D eigenvalue weighted by Crippen LogP contribution is -2.47. The fraction of sp³-hybridized carbons (Fsp3) is 0.933. The van der Waals surface area contributed by atoms with Gasteiger partial charge in [-0.15, -0.1) is 24.0 Å². The van der Waals surface area contributed by atoms with Gasteiger partial charge in [0.2, 0.25) is 0 Å². The molecule has 3 rings (SSSR count). The summed E-state index contributed by atoms with van der Waals surface area (Å²) in [6, 6.07) is 0.469. The highest BCUT2D eigenvalue weighted by Gasteiger charge is 2.41. The Hall–Kier alpha value is -0.0400. The lowest BCUT2D eigenvalue weighted by atomic mass is 9.96. The normalized spacial score (nSPS) is 33.2. The van der Waals surface area contributed by atoms with Gasteiger partial charge in [-0.1, -0.05) is 25.7 Å². The maximum absolute atomic E-state index is 5.87. The molecule has 116 valence electrons. The zero-order chi connectivity index (χ0) is 13.1. The molecule has 3 atom stereocenters. The Morgan fingerprint density at radius 2 is 2.00 bits per heavy atom. The lowest BCUT2D eigenvalue weighted by Gasteiger charge is -2.23. The van der Waals surface area contributed by atoms with E-state index in [2.05, 4.69) is 15.6 Å². The number of rotatable bonds is 4. The third kappa shape index (κ3) is 4.00. The molecule has 2 aliphatic heterocycles. The van der Waals surface area contributed by atoms with Crippen LogP contribution in [0.5, 0.6) is 0 Å². The molecular weight excluding hydrogens is 365 g/mol. The lowest BCUT2D eigenvalue weighted by molar-refractivity contribution is 0.0992. The van der Waals surface area contributed by atoms with Crippen LogP contribution in [0.25, 0.3) is 0 Å². The Balaban J connectivity index is 0.00000147. The molecule has 2 bridgehead atoms. The molecule has 0 aromatic carbocycles. The van der Waals surface area contributed by atoms with Crippen LogP contribution in [-0.4, -0.2) is 37.8 Å². The number of hydrogen-bond donors (Lipinski definition) is 2. The first-order valence-electron chi connectivity index (χ1n) is 7.98. The number of fused-ring (bicyclic) bond motifs is 2. The van der Waals surface area contributed by atoms with Crippen molar-refractivity contribution in [1.82, 2.24) is 10.6 Å². The third-order valence-corrected chi connectivity index (χ3v) is 4.97. The van der Waals surface area contributed by atoms with Gasteiger partial charge in [0.15, 0.2) is 5.96 Å². The maximum Gasteiger partial charge on any atom is 0.191 e. The molecule has 3 unspecified atom stereocenters. The summed E-state index contributed by atoms with van der Waals surface area (Å²) in [7, 11) is 1.86. The number of hydrogen-bond acceptors (Lipinski definition) is 2. The van der Waals surface area contributed by atoms with Gasteiger partial charge in [0.1, 0.15) is 0 Å². The van der Waals surface area contributed by atoms with E-state index >= 15 is 0 Å². The van der Waals surface area contributed by atoms with Crippen LogP contribution in [0.1, 0.15) is 51.4 Å². The van der Waals surface area contributed by atoms with E-state index in [1.165, 1.54) is 44.9 Å². The van der Waals surface area contributed by atoms with Crippen molar-refractivity contribution in [2.75, 3.05) is 13.6 Å². The van der Waals surface area contributed by atoms with E-state index in [1.807, 2.05) is 7.05 Å². The molecule has 4 nitrogen and oxygen atoms in total. The highest BCUT2D eigenvalue weighted by molar-refractivity contribution is 14.0. The van der Waals surface area contributed by atoms with Crippen LogP contribution in [0.2, 0.25) is 0 Å². The maximum atomic E-state index is 5.87. The van der Waals surface area contributed by atoms with Crippen LogP contribution >= 0.6 is 24.0 Å². The van der Waals surface area contributed by atoms with Crippen molar-refractivity contribution >= 4 is 29.9 Å². The number of ether oxygens (including phenoxy) is 1. The molecule has 0 spiro atoms. The number of nitrogens with one attached hydrogen (secondary N) is 2. The number of guanidine groups is 1. The molecule has 1 saturated carbocycles. The standard InChI is InChI=1S/C15H27N3O.HI/c1-16-15(17-9-8-11-4-2-3-5-11)18-13-10-12-6-7-14(13)19-12;/h11-14H,2-10H2,1H3,(H2,16,17,18);1H.